The van der Waals surface area contributed by atoms with Crippen molar-refractivity contribution >= 4 is 14.1 Å². The highest BCUT2D eigenvalue weighted by Crippen LogP contribution is 2.40. The summed E-state index contributed by atoms with van der Waals surface area (Å²) in [7, 11) is -2.28. The molecule has 0 aliphatic heterocycles. The van der Waals surface area contributed by atoms with Crippen LogP contribution >= 0.6 is 0 Å². The zero-order valence-electron chi connectivity index (χ0n) is 10.8. The highest BCUT2D eigenvalue weighted by Gasteiger charge is 2.40. The molecule has 2 nitrogen and oxygen atoms in total. The zero-order valence-corrected chi connectivity index (χ0v) is 11.8. The number of furan rings is 1. The molecule has 0 aromatic carbocycles. The fraction of sp³-hybridized carbons (Fsp3) is 0.500. The molecule has 0 aliphatic carbocycles. The number of hydrogen-bond acceptors (Lipinski definition) is 2. The molecule has 0 saturated carbocycles. The molecule has 5 heteroatoms. The van der Waals surface area contributed by atoms with Crippen LogP contribution in [-0.2, 0) is 4.43 Å². The maximum atomic E-state index is 12.9. The van der Waals surface area contributed by atoms with E-state index < -0.39 is 20.2 Å². The van der Waals surface area contributed by atoms with Crippen LogP contribution in [0.25, 0.3) is 5.76 Å². The molecule has 0 aliphatic rings. The SMILES string of the molecule is CC(C)(C)[Si](C)(C)OC(=C(F)F)c1ccco1. The summed E-state index contributed by atoms with van der Waals surface area (Å²) in [6.07, 6.45) is -0.488. The zero-order chi connectivity index (χ0) is 13.3. The van der Waals surface area contributed by atoms with E-state index in [1.807, 2.05) is 33.9 Å². The highest BCUT2D eigenvalue weighted by atomic mass is 28.4. The van der Waals surface area contributed by atoms with Gasteiger partial charge in [0.15, 0.2) is 5.76 Å². The van der Waals surface area contributed by atoms with Crippen molar-refractivity contribution in [1.29, 1.82) is 0 Å². The van der Waals surface area contributed by atoms with Gasteiger partial charge in [-0.1, -0.05) is 20.8 Å². The quantitative estimate of drug-likeness (QED) is 0.571. The predicted molar refractivity (Wildman–Crippen MR) is 66.1 cm³/mol. The van der Waals surface area contributed by atoms with E-state index in [0.29, 0.717) is 0 Å². The number of rotatable bonds is 3. The Morgan fingerprint density at radius 2 is 1.88 bits per heavy atom. The van der Waals surface area contributed by atoms with Gasteiger partial charge in [0.25, 0.3) is 8.32 Å². The standard InChI is InChI=1S/C12H18F2O2Si/c1-12(2,3)17(4,5)16-10(11(13)14)9-7-6-8-15-9/h6-8H,1-5H3. The first kappa shape index (κ1) is 14.0. The summed E-state index contributed by atoms with van der Waals surface area (Å²) in [6.45, 7) is 9.82. The Hall–Kier alpha value is -1.10. The van der Waals surface area contributed by atoms with Crippen molar-refractivity contribution in [1.82, 2.24) is 0 Å². The molecule has 0 saturated heterocycles. The van der Waals surface area contributed by atoms with Gasteiger partial charge in [0.05, 0.1) is 6.26 Å². The van der Waals surface area contributed by atoms with Gasteiger partial charge in [-0.25, -0.2) is 0 Å². The molecule has 1 heterocycles. The van der Waals surface area contributed by atoms with Crippen LogP contribution < -0.4 is 0 Å². The average Bonchev–Trinajstić information content (AvgIpc) is 2.64. The second-order valence-corrected chi connectivity index (χ2v) is 10.2. The molecule has 1 rings (SSSR count). The smallest absolute Gasteiger partial charge is 0.314 e. The highest BCUT2D eigenvalue weighted by molar-refractivity contribution is 6.74. The van der Waals surface area contributed by atoms with E-state index in [1.54, 1.807) is 6.07 Å². The first-order valence-electron chi connectivity index (χ1n) is 5.43. The Labute approximate surface area is 101 Å². The Kier molecular flexibility index (Phi) is 3.81. The van der Waals surface area contributed by atoms with Gasteiger partial charge in [-0.3, -0.25) is 0 Å². The summed E-state index contributed by atoms with van der Waals surface area (Å²) in [5.74, 6) is -0.351. The minimum atomic E-state index is -2.28. The molecular formula is C12H18F2O2Si. The number of halogens is 2. The van der Waals surface area contributed by atoms with E-state index in [9.17, 15) is 8.78 Å². The molecule has 96 valence electrons. The molecule has 0 unspecified atom stereocenters. The molecule has 0 N–H and O–H groups in total. The summed E-state index contributed by atoms with van der Waals surface area (Å²) < 4.78 is 36.4. The van der Waals surface area contributed by atoms with Crippen molar-refractivity contribution in [2.75, 3.05) is 0 Å². The van der Waals surface area contributed by atoms with E-state index in [1.165, 1.54) is 12.3 Å². The molecule has 0 atom stereocenters. The molecule has 0 amide bonds. The Balaban J connectivity index is 3.03. The first-order chi connectivity index (χ1) is 7.65. The van der Waals surface area contributed by atoms with Crippen LogP contribution in [0.15, 0.2) is 28.9 Å². The lowest BCUT2D eigenvalue weighted by molar-refractivity contribution is 0.359. The van der Waals surface area contributed by atoms with Gasteiger partial charge in [0.1, 0.15) is 0 Å². The monoisotopic (exact) mass is 260 g/mol. The molecular weight excluding hydrogens is 242 g/mol. The maximum absolute atomic E-state index is 12.9. The van der Waals surface area contributed by atoms with Crippen molar-refractivity contribution in [2.45, 2.75) is 38.9 Å². The molecule has 0 radical (unpaired) electrons. The largest absolute Gasteiger partial charge is 0.537 e. The molecule has 17 heavy (non-hydrogen) atoms. The fourth-order valence-corrected chi connectivity index (χ4v) is 1.99. The maximum Gasteiger partial charge on any atom is 0.314 e. The van der Waals surface area contributed by atoms with Crippen LogP contribution in [0.3, 0.4) is 0 Å². The van der Waals surface area contributed by atoms with Gasteiger partial charge >= 0.3 is 6.08 Å². The van der Waals surface area contributed by atoms with Gasteiger partial charge in [-0.15, -0.1) is 0 Å². The van der Waals surface area contributed by atoms with Gasteiger partial charge in [0, 0.05) is 0 Å². The van der Waals surface area contributed by atoms with Gasteiger partial charge in [0.2, 0.25) is 5.76 Å². The number of hydrogen-bond donors (Lipinski definition) is 0. The lowest BCUT2D eigenvalue weighted by atomic mass is 10.2. The summed E-state index contributed by atoms with van der Waals surface area (Å²) in [4.78, 5) is 0. The van der Waals surface area contributed by atoms with Crippen LogP contribution in [0.4, 0.5) is 8.78 Å². The van der Waals surface area contributed by atoms with E-state index in [2.05, 4.69) is 0 Å². The van der Waals surface area contributed by atoms with Crippen LogP contribution in [0.5, 0.6) is 0 Å². The van der Waals surface area contributed by atoms with Gasteiger partial charge in [-0.2, -0.15) is 8.78 Å². The normalized spacial score (nSPS) is 12.4. The Morgan fingerprint density at radius 1 is 1.29 bits per heavy atom. The van der Waals surface area contributed by atoms with Crippen molar-refractivity contribution in [2.24, 2.45) is 0 Å². The molecule has 1 aromatic heterocycles. The van der Waals surface area contributed by atoms with Gasteiger partial charge < -0.3 is 8.84 Å². The van der Waals surface area contributed by atoms with Crippen LogP contribution in [0, 0.1) is 0 Å². The van der Waals surface area contributed by atoms with Crippen molar-refractivity contribution < 1.29 is 17.6 Å². The molecule has 0 bridgehead atoms. The van der Waals surface area contributed by atoms with Crippen LogP contribution in [0.1, 0.15) is 26.5 Å². The Bertz CT molecular complexity index is 399. The molecule has 1 aromatic rings. The third-order valence-corrected chi connectivity index (χ3v) is 7.41. The van der Waals surface area contributed by atoms with E-state index in [0.717, 1.165) is 0 Å². The minimum absolute atomic E-state index is 0.0785. The lowest BCUT2D eigenvalue weighted by Gasteiger charge is -2.36. The van der Waals surface area contributed by atoms with Crippen molar-refractivity contribution in [3.63, 3.8) is 0 Å². The summed E-state index contributed by atoms with van der Waals surface area (Å²) in [5.41, 5.74) is 0. The average molecular weight is 260 g/mol. The van der Waals surface area contributed by atoms with Crippen molar-refractivity contribution in [3.05, 3.63) is 30.2 Å². The van der Waals surface area contributed by atoms with Crippen molar-refractivity contribution in [3.8, 4) is 0 Å². The second kappa shape index (κ2) is 4.64. The third kappa shape index (κ3) is 3.18. The first-order valence-corrected chi connectivity index (χ1v) is 8.34. The van der Waals surface area contributed by atoms with Crippen LogP contribution in [-0.4, -0.2) is 8.32 Å². The Morgan fingerprint density at radius 3 is 2.24 bits per heavy atom. The molecule has 0 fully saturated rings. The summed E-state index contributed by atoms with van der Waals surface area (Å²) in [6, 6.07) is 3.04. The second-order valence-electron chi connectivity index (χ2n) is 5.43. The van der Waals surface area contributed by atoms with Crippen LogP contribution in [0.2, 0.25) is 18.1 Å². The lowest BCUT2D eigenvalue weighted by Crippen LogP contribution is -2.40. The topological polar surface area (TPSA) is 22.4 Å². The van der Waals surface area contributed by atoms with E-state index in [4.69, 9.17) is 8.84 Å². The third-order valence-electron chi connectivity index (χ3n) is 3.08. The summed E-state index contributed by atoms with van der Waals surface area (Å²) >= 11 is 0. The minimum Gasteiger partial charge on any atom is -0.537 e. The van der Waals surface area contributed by atoms with E-state index in [-0.39, 0.29) is 10.8 Å². The fourth-order valence-electron chi connectivity index (χ4n) is 0.998. The van der Waals surface area contributed by atoms with E-state index >= 15 is 0 Å². The van der Waals surface area contributed by atoms with Gasteiger partial charge in [-0.05, 0) is 30.3 Å². The molecule has 0 spiro atoms. The summed E-state index contributed by atoms with van der Waals surface area (Å²) in [5, 5.41) is -0.139. The predicted octanol–water partition coefficient (Wildman–Crippen LogP) is 4.87.